The summed E-state index contributed by atoms with van der Waals surface area (Å²) in [6, 6.07) is 17.1. The van der Waals surface area contributed by atoms with E-state index in [-0.39, 0.29) is 29.0 Å². The van der Waals surface area contributed by atoms with Gasteiger partial charge in [-0.25, -0.2) is 0 Å². The van der Waals surface area contributed by atoms with Gasteiger partial charge in [0.2, 0.25) is 0 Å². The number of hydrogen-bond donors (Lipinski definition) is 0. The maximum absolute atomic E-state index is 12.8. The van der Waals surface area contributed by atoms with Crippen LogP contribution in [0.4, 0.5) is 5.69 Å². The van der Waals surface area contributed by atoms with Gasteiger partial charge < -0.3 is 9.15 Å². The third-order valence-corrected chi connectivity index (χ3v) is 6.11. The molecule has 0 bridgehead atoms. The van der Waals surface area contributed by atoms with Gasteiger partial charge in [0.25, 0.3) is 5.91 Å². The van der Waals surface area contributed by atoms with Gasteiger partial charge in [0.05, 0.1) is 16.4 Å². The number of carbonyl (C=O) groups excluding carboxylic acids is 1. The van der Waals surface area contributed by atoms with Crippen LogP contribution in [0.2, 0.25) is 5.02 Å². The molecule has 1 fully saturated rings. The van der Waals surface area contributed by atoms with Gasteiger partial charge in [-0.3, -0.25) is 19.8 Å². The van der Waals surface area contributed by atoms with E-state index >= 15 is 0 Å². The fourth-order valence-corrected chi connectivity index (χ4v) is 4.39. The standard InChI is InChI=1S/C22H15ClN2O5S2/c23-15-6-9-19(18(10-15)25(27)28)29-13-17-8-7-16(30-17)11-20-21(26)24(22(31)32-20)12-14-4-2-1-3-5-14/h1-11H,12-13H2/b20-11+. The quantitative estimate of drug-likeness (QED) is 0.180. The minimum Gasteiger partial charge on any atom is -0.479 e. The molecule has 7 nitrogen and oxygen atoms in total. The van der Waals surface area contributed by atoms with Gasteiger partial charge >= 0.3 is 5.69 Å². The summed E-state index contributed by atoms with van der Waals surface area (Å²) in [5.41, 5.74) is 0.755. The highest BCUT2D eigenvalue weighted by Crippen LogP contribution is 2.34. The summed E-state index contributed by atoms with van der Waals surface area (Å²) in [5.74, 6) is 0.795. The molecule has 0 aliphatic carbocycles. The van der Waals surface area contributed by atoms with E-state index in [0.29, 0.717) is 27.3 Å². The van der Waals surface area contributed by atoms with Crippen LogP contribution in [-0.2, 0) is 17.9 Å². The average Bonchev–Trinajstić information content (AvgIpc) is 3.33. The lowest BCUT2D eigenvalue weighted by Crippen LogP contribution is -2.27. The van der Waals surface area contributed by atoms with Crippen molar-refractivity contribution in [1.29, 1.82) is 0 Å². The number of thiocarbonyl (C=S) groups is 1. The Morgan fingerprint density at radius 3 is 2.72 bits per heavy atom. The number of nitro benzene ring substituents is 1. The predicted molar refractivity (Wildman–Crippen MR) is 126 cm³/mol. The molecule has 32 heavy (non-hydrogen) atoms. The highest BCUT2D eigenvalue weighted by atomic mass is 35.5. The lowest BCUT2D eigenvalue weighted by molar-refractivity contribution is -0.385. The molecule has 4 rings (SSSR count). The van der Waals surface area contributed by atoms with Crippen LogP contribution >= 0.6 is 35.6 Å². The molecule has 0 N–H and O–H groups in total. The van der Waals surface area contributed by atoms with Gasteiger partial charge in [0.15, 0.2) is 5.75 Å². The van der Waals surface area contributed by atoms with Crippen LogP contribution in [-0.4, -0.2) is 20.1 Å². The molecule has 0 atom stereocenters. The highest BCUT2D eigenvalue weighted by molar-refractivity contribution is 8.26. The highest BCUT2D eigenvalue weighted by Gasteiger charge is 2.32. The molecule has 0 spiro atoms. The summed E-state index contributed by atoms with van der Waals surface area (Å²) in [7, 11) is 0. The van der Waals surface area contributed by atoms with Crippen LogP contribution in [0.25, 0.3) is 6.08 Å². The number of furan rings is 1. The molecule has 2 heterocycles. The SMILES string of the molecule is O=C1/C(=C\c2ccc(COc3ccc(Cl)cc3[N+](=O)[O-])o2)SC(=S)N1Cc1ccccc1. The van der Waals surface area contributed by atoms with Crippen molar-refractivity contribution in [2.75, 3.05) is 0 Å². The first-order valence-electron chi connectivity index (χ1n) is 9.35. The molecule has 3 aromatic rings. The summed E-state index contributed by atoms with van der Waals surface area (Å²) in [6.07, 6.45) is 1.62. The van der Waals surface area contributed by atoms with E-state index in [4.69, 9.17) is 33.0 Å². The number of amides is 1. The van der Waals surface area contributed by atoms with Gasteiger partial charge in [-0.1, -0.05) is 65.9 Å². The van der Waals surface area contributed by atoms with Crippen LogP contribution in [0.15, 0.2) is 70.0 Å². The van der Waals surface area contributed by atoms with Crippen molar-refractivity contribution in [2.24, 2.45) is 0 Å². The minimum absolute atomic E-state index is 0.0225. The Balaban J connectivity index is 1.43. The molecule has 10 heteroatoms. The largest absolute Gasteiger partial charge is 0.479 e. The molecule has 0 saturated carbocycles. The van der Waals surface area contributed by atoms with Crippen LogP contribution in [0.1, 0.15) is 17.1 Å². The van der Waals surface area contributed by atoms with Gasteiger partial charge in [0.1, 0.15) is 22.4 Å². The Bertz CT molecular complexity index is 1230. The monoisotopic (exact) mass is 486 g/mol. The van der Waals surface area contributed by atoms with Crippen molar-refractivity contribution in [3.05, 3.63) is 97.8 Å². The normalized spacial score (nSPS) is 14.9. The van der Waals surface area contributed by atoms with Crippen molar-refractivity contribution in [1.82, 2.24) is 4.90 Å². The van der Waals surface area contributed by atoms with E-state index in [9.17, 15) is 14.9 Å². The first kappa shape index (κ1) is 22.1. The number of halogens is 1. The molecule has 1 aliphatic heterocycles. The summed E-state index contributed by atoms with van der Waals surface area (Å²) in [6.45, 7) is 0.380. The topological polar surface area (TPSA) is 85.8 Å². The Hall–Kier alpha value is -3.14. The maximum Gasteiger partial charge on any atom is 0.312 e. The molecule has 1 aliphatic rings. The second kappa shape index (κ2) is 9.56. The summed E-state index contributed by atoms with van der Waals surface area (Å²) in [5, 5.41) is 11.4. The maximum atomic E-state index is 12.8. The van der Waals surface area contributed by atoms with Crippen LogP contribution in [0, 0.1) is 10.1 Å². The molecule has 0 radical (unpaired) electrons. The second-order valence-electron chi connectivity index (χ2n) is 6.72. The van der Waals surface area contributed by atoms with Crippen molar-refractivity contribution in [3.8, 4) is 5.75 Å². The first-order chi connectivity index (χ1) is 15.4. The third-order valence-electron chi connectivity index (χ3n) is 4.50. The van der Waals surface area contributed by atoms with Crippen LogP contribution < -0.4 is 4.74 Å². The van der Waals surface area contributed by atoms with E-state index < -0.39 is 4.92 Å². The molecule has 1 amide bonds. The Morgan fingerprint density at radius 1 is 1.19 bits per heavy atom. The molecule has 0 unspecified atom stereocenters. The predicted octanol–water partition coefficient (Wildman–Crippen LogP) is 5.82. The average molecular weight is 487 g/mol. The number of hydrogen-bond acceptors (Lipinski definition) is 7. The zero-order valence-corrected chi connectivity index (χ0v) is 18.8. The summed E-state index contributed by atoms with van der Waals surface area (Å²) < 4.78 is 11.7. The Morgan fingerprint density at radius 2 is 1.97 bits per heavy atom. The Labute approximate surface area is 197 Å². The summed E-state index contributed by atoms with van der Waals surface area (Å²) >= 11 is 12.4. The fourth-order valence-electron chi connectivity index (χ4n) is 2.99. The van der Waals surface area contributed by atoms with E-state index in [1.807, 2.05) is 30.3 Å². The van der Waals surface area contributed by atoms with Gasteiger partial charge in [-0.05, 0) is 29.8 Å². The van der Waals surface area contributed by atoms with Crippen LogP contribution in [0.5, 0.6) is 5.75 Å². The van der Waals surface area contributed by atoms with Gasteiger partial charge in [-0.2, -0.15) is 0 Å². The number of thioether (sulfide) groups is 1. The number of nitro groups is 1. The van der Waals surface area contributed by atoms with Gasteiger partial charge in [0, 0.05) is 17.2 Å². The molecule has 162 valence electrons. The molecule has 1 aromatic heterocycles. The molecule has 2 aromatic carbocycles. The lowest BCUT2D eigenvalue weighted by atomic mass is 10.2. The summed E-state index contributed by atoms with van der Waals surface area (Å²) in [4.78, 5) is 25.4. The van der Waals surface area contributed by atoms with Crippen molar-refractivity contribution in [3.63, 3.8) is 0 Å². The molecule has 1 saturated heterocycles. The first-order valence-corrected chi connectivity index (χ1v) is 11.0. The molecular formula is C22H15ClN2O5S2. The number of carbonyl (C=O) groups is 1. The number of benzene rings is 2. The second-order valence-corrected chi connectivity index (χ2v) is 8.83. The number of rotatable bonds is 7. The van der Waals surface area contributed by atoms with Gasteiger partial charge in [-0.15, -0.1) is 0 Å². The molecular weight excluding hydrogens is 472 g/mol. The zero-order valence-electron chi connectivity index (χ0n) is 16.4. The number of ether oxygens (including phenoxy) is 1. The minimum atomic E-state index is -0.563. The van der Waals surface area contributed by atoms with E-state index in [1.165, 1.54) is 30.0 Å². The smallest absolute Gasteiger partial charge is 0.312 e. The third kappa shape index (κ3) is 5.01. The van der Waals surface area contributed by atoms with Crippen molar-refractivity contribution in [2.45, 2.75) is 13.2 Å². The van der Waals surface area contributed by atoms with E-state index in [1.54, 1.807) is 23.1 Å². The number of nitrogens with zero attached hydrogens (tertiary/aromatic N) is 2. The van der Waals surface area contributed by atoms with Crippen LogP contribution in [0.3, 0.4) is 0 Å². The van der Waals surface area contributed by atoms with E-state index in [0.717, 1.165) is 5.56 Å². The fraction of sp³-hybridized carbons (Fsp3) is 0.0909. The van der Waals surface area contributed by atoms with E-state index in [2.05, 4.69) is 0 Å². The van der Waals surface area contributed by atoms with Crippen molar-refractivity contribution >= 4 is 57.6 Å². The lowest BCUT2D eigenvalue weighted by Gasteiger charge is -2.14. The Kier molecular flexibility index (Phi) is 6.59. The zero-order chi connectivity index (χ0) is 22.7. The van der Waals surface area contributed by atoms with Crippen molar-refractivity contribution < 1.29 is 18.9 Å².